The minimum absolute atomic E-state index is 0.105. The highest BCUT2D eigenvalue weighted by Crippen LogP contribution is 2.30. The highest BCUT2D eigenvalue weighted by atomic mass is 16.5. The fraction of sp³-hybridized carbons (Fsp3) is 0.480. The zero-order chi connectivity index (χ0) is 20.6. The van der Waals surface area contributed by atoms with E-state index in [2.05, 4.69) is 84.6 Å². The number of likely N-dealkylation sites (tertiary alicyclic amines) is 1. The van der Waals surface area contributed by atoms with Crippen molar-refractivity contribution >= 4 is 5.97 Å². The zero-order valence-corrected chi connectivity index (χ0v) is 18.0. The molecule has 156 valence electrons. The first-order valence-corrected chi connectivity index (χ1v) is 10.6. The molecule has 0 unspecified atom stereocenters. The number of methoxy groups -OCH3 is 1. The van der Waals surface area contributed by atoms with Gasteiger partial charge in [-0.15, -0.1) is 0 Å². The SMILES string of the molecule is COC(=O)CC[C@H]1CN(CC(c2ccccc2)c2ccccc2)CC[C@H]1N(C)C. The van der Waals surface area contributed by atoms with Crippen LogP contribution in [0.4, 0.5) is 0 Å². The number of carbonyl (C=O) groups excluding carboxylic acids is 1. The number of benzene rings is 2. The Bertz CT molecular complexity index is 708. The third-order valence-corrected chi connectivity index (χ3v) is 6.23. The van der Waals surface area contributed by atoms with Crippen LogP contribution in [0.5, 0.6) is 0 Å². The van der Waals surface area contributed by atoms with E-state index in [4.69, 9.17) is 4.74 Å². The molecule has 2 aromatic rings. The average molecular weight is 395 g/mol. The fourth-order valence-electron chi connectivity index (χ4n) is 4.66. The standard InChI is InChI=1S/C25H34N2O2/c1-26(2)24-16-17-27(18-22(24)14-15-25(28)29-3)19-23(20-10-6-4-7-11-20)21-12-8-5-9-13-21/h4-13,22-24H,14-19H2,1-3H3/t22-,24+/m0/s1. The molecule has 0 aliphatic carbocycles. The molecule has 1 heterocycles. The summed E-state index contributed by atoms with van der Waals surface area (Å²) in [5.41, 5.74) is 2.72. The van der Waals surface area contributed by atoms with Crippen LogP contribution in [0.3, 0.4) is 0 Å². The molecular formula is C25H34N2O2. The second kappa shape index (κ2) is 10.6. The maximum absolute atomic E-state index is 11.7. The highest BCUT2D eigenvalue weighted by molar-refractivity contribution is 5.69. The summed E-state index contributed by atoms with van der Waals surface area (Å²) in [6.45, 7) is 3.12. The monoisotopic (exact) mass is 394 g/mol. The van der Waals surface area contributed by atoms with Crippen LogP contribution in [0.25, 0.3) is 0 Å². The lowest BCUT2D eigenvalue weighted by Gasteiger charge is -2.42. The van der Waals surface area contributed by atoms with E-state index in [0.29, 0.717) is 24.3 Å². The Labute approximate surface area is 175 Å². The van der Waals surface area contributed by atoms with Crippen LogP contribution in [0.15, 0.2) is 60.7 Å². The van der Waals surface area contributed by atoms with Crippen molar-refractivity contribution in [1.82, 2.24) is 9.80 Å². The molecule has 0 amide bonds. The average Bonchev–Trinajstić information content (AvgIpc) is 2.76. The first kappa shape index (κ1) is 21.5. The fourth-order valence-corrected chi connectivity index (χ4v) is 4.66. The molecule has 2 aromatic carbocycles. The van der Waals surface area contributed by atoms with Gasteiger partial charge in [-0.25, -0.2) is 0 Å². The first-order chi connectivity index (χ1) is 14.1. The van der Waals surface area contributed by atoms with Crippen molar-refractivity contribution in [2.24, 2.45) is 5.92 Å². The molecule has 4 nitrogen and oxygen atoms in total. The van der Waals surface area contributed by atoms with Gasteiger partial charge in [-0.1, -0.05) is 60.7 Å². The highest BCUT2D eigenvalue weighted by Gasteiger charge is 2.32. The van der Waals surface area contributed by atoms with Crippen molar-refractivity contribution in [3.8, 4) is 0 Å². The van der Waals surface area contributed by atoms with Gasteiger partial charge in [0.05, 0.1) is 7.11 Å². The third kappa shape index (κ3) is 5.91. The van der Waals surface area contributed by atoms with E-state index >= 15 is 0 Å². The molecule has 0 saturated carbocycles. The Balaban J connectivity index is 1.74. The Morgan fingerprint density at radius 3 is 2.17 bits per heavy atom. The summed E-state index contributed by atoms with van der Waals surface area (Å²) in [5, 5.41) is 0. The van der Waals surface area contributed by atoms with Crippen LogP contribution >= 0.6 is 0 Å². The van der Waals surface area contributed by atoms with Crippen LogP contribution in [0, 0.1) is 5.92 Å². The minimum Gasteiger partial charge on any atom is -0.469 e. The number of hydrogen-bond acceptors (Lipinski definition) is 4. The molecule has 0 aromatic heterocycles. The summed E-state index contributed by atoms with van der Waals surface area (Å²) in [7, 11) is 5.79. The molecule has 0 spiro atoms. The topological polar surface area (TPSA) is 32.8 Å². The Hall–Kier alpha value is -2.17. The van der Waals surface area contributed by atoms with Gasteiger partial charge < -0.3 is 14.5 Å². The largest absolute Gasteiger partial charge is 0.469 e. The maximum atomic E-state index is 11.7. The lowest BCUT2D eigenvalue weighted by Crippen LogP contribution is -2.49. The molecule has 0 N–H and O–H groups in total. The maximum Gasteiger partial charge on any atom is 0.305 e. The molecule has 2 atom stereocenters. The number of ether oxygens (including phenoxy) is 1. The normalized spacial score (nSPS) is 20.2. The predicted molar refractivity (Wildman–Crippen MR) is 118 cm³/mol. The number of nitrogens with zero attached hydrogens (tertiary/aromatic N) is 2. The molecule has 1 saturated heterocycles. The van der Waals surface area contributed by atoms with Crippen LogP contribution in [-0.4, -0.2) is 62.7 Å². The van der Waals surface area contributed by atoms with Gasteiger partial charge in [0.2, 0.25) is 0 Å². The van der Waals surface area contributed by atoms with Gasteiger partial charge in [-0.2, -0.15) is 0 Å². The third-order valence-electron chi connectivity index (χ3n) is 6.23. The molecule has 1 aliphatic rings. The number of piperidine rings is 1. The van der Waals surface area contributed by atoms with Crippen molar-refractivity contribution in [2.45, 2.75) is 31.2 Å². The molecule has 1 aliphatic heterocycles. The van der Waals surface area contributed by atoms with E-state index in [0.717, 1.165) is 32.5 Å². The van der Waals surface area contributed by atoms with Crippen molar-refractivity contribution in [1.29, 1.82) is 0 Å². The predicted octanol–water partition coefficient (Wildman–Crippen LogP) is 4.02. The van der Waals surface area contributed by atoms with E-state index in [1.54, 1.807) is 0 Å². The Morgan fingerprint density at radius 1 is 1.07 bits per heavy atom. The number of esters is 1. The van der Waals surface area contributed by atoms with Crippen molar-refractivity contribution in [3.05, 3.63) is 71.8 Å². The summed E-state index contributed by atoms with van der Waals surface area (Å²) in [6.07, 6.45) is 2.52. The van der Waals surface area contributed by atoms with Crippen LogP contribution in [0.1, 0.15) is 36.3 Å². The minimum atomic E-state index is -0.105. The molecule has 0 radical (unpaired) electrons. The van der Waals surface area contributed by atoms with Gasteiger partial charge in [0, 0.05) is 31.5 Å². The first-order valence-electron chi connectivity index (χ1n) is 10.6. The van der Waals surface area contributed by atoms with Gasteiger partial charge in [0.25, 0.3) is 0 Å². The van der Waals surface area contributed by atoms with Crippen LogP contribution < -0.4 is 0 Å². The molecule has 4 heteroatoms. The van der Waals surface area contributed by atoms with Crippen molar-refractivity contribution in [3.63, 3.8) is 0 Å². The lowest BCUT2D eigenvalue weighted by molar-refractivity contribution is -0.141. The van der Waals surface area contributed by atoms with E-state index in [9.17, 15) is 4.79 Å². The second-order valence-corrected chi connectivity index (χ2v) is 8.33. The molecule has 1 fully saturated rings. The van der Waals surface area contributed by atoms with Gasteiger partial charge in [-0.3, -0.25) is 4.79 Å². The van der Waals surface area contributed by atoms with Gasteiger partial charge in [0.1, 0.15) is 0 Å². The van der Waals surface area contributed by atoms with Crippen molar-refractivity contribution in [2.75, 3.05) is 40.8 Å². The lowest BCUT2D eigenvalue weighted by atomic mass is 9.85. The Kier molecular flexibility index (Phi) is 7.84. The quantitative estimate of drug-likeness (QED) is 0.633. The molecule has 0 bridgehead atoms. The van der Waals surface area contributed by atoms with Gasteiger partial charge in [0.15, 0.2) is 0 Å². The summed E-state index contributed by atoms with van der Waals surface area (Å²) in [5.74, 6) is 0.727. The van der Waals surface area contributed by atoms with Crippen molar-refractivity contribution < 1.29 is 9.53 Å². The zero-order valence-electron chi connectivity index (χ0n) is 18.0. The second-order valence-electron chi connectivity index (χ2n) is 8.33. The summed E-state index contributed by atoms with van der Waals surface area (Å²) < 4.78 is 4.88. The smallest absolute Gasteiger partial charge is 0.305 e. The summed E-state index contributed by atoms with van der Waals surface area (Å²) >= 11 is 0. The number of carbonyl (C=O) groups is 1. The van der Waals surface area contributed by atoms with E-state index in [-0.39, 0.29) is 5.97 Å². The number of rotatable bonds is 8. The van der Waals surface area contributed by atoms with Crippen LogP contribution in [-0.2, 0) is 9.53 Å². The van der Waals surface area contributed by atoms with E-state index in [1.165, 1.54) is 18.2 Å². The van der Waals surface area contributed by atoms with Gasteiger partial charge in [-0.05, 0) is 50.5 Å². The molecule has 29 heavy (non-hydrogen) atoms. The Morgan fingerprint density at radius 2 is 1.66 bits per heavy atom. The molecular weight excluding hydrogens is 360 g/mol. The van der Waals surface area contributed by atoms with Gasteiger partial charge >= 0.3 is 5.97 Å². The number of hydrogen-bond donors (Lipinski definition) is 0. The molecule has 3 rings (SSSR count). The van der Waals surface area contributed by atoms with E-state index in [1.807, 2.05) is 0 Å². The summed E-state index contributed by atoms with van der Waals surface area (Å²) in [6, 6.07) is 22.1. The summed E-state index contributed by atoms with van der Waals surface area (Å²) in [4.78, 5) is 16.6. The van der Waals surface area contributed by atoms with Crippen LogP contribution in [0.2, 0.25) is 0 Å². The van der Waals surface area contributed by atoms with E-state index < -0.39 is 0 Å².